The number of para-hydroxylation sites is 4. The molecule has 0 saturated carbocycles. The van der Waals surface area contributed by atoms with Gasteiger partial charge in [-0.3, -0.25) is 9.97 Å². The van der Waals surface area contributed by atoms with Crippen molar-refractivity contribution < 1.29 is 28.4 Å². The number of fused-ring (bicyclic) bond motifs is 8. The van der Waals surface area contributed by atoms with Crippen LogP contribution in [0.2, 0.25) is 0 Å². The summed E-state index contributed by atoms with van der Waals surface area (Å²) in [5, 5.41) is 0. The van der Waals surface area contributed by atoms with Crippen molar-refractivity contribution in [2.75, 3.05) is 39.6 Å². The fraction of sp³-hybridized carbons (Fsp3) is 0.241. The molecule has 0 spiro atoms. The minimum Gasteiger partial charge on any atom is -0.491 e. The van der Waals surface area contributed by atoms with Crippen LogP contribution in [-0.2, 0) is 48.4 Å². The predicted octanol–water partition coefficient (Wildman–Crippen LogP) is 11.3. The molecule has 10 heteroatoms. The zero-order valence-corrected chi connectivity index (χ0v) is 38.7. The van der Waals surface area contributed by atoms with Gasteiger partial charge in [0.2, 0.25) is 0 Å². The van der Waals surface area contributed by atoms with Crippen molar-refractivity contribution in [3.8, 4) is 45.8 Å². The molecule has 0 atom stereocenters. The van der Waals surface area contributed by atoms with Crippen LogP contribution in [0.3, 0.4) is 0 Å². The summed E-state index contributed by atoms with van der Waals surface area (Å²) in [5.41, 5.74) is 13.1. The van der Waals surface area contributed by atoms with Crippen molar-refractivity contribution in [1.82, 2.24) is 19.9 Å². The first-order valence-corrected chi connectivity index (χ1v) is 23.5. The van der Waals surface area contributed by atoms with Crippen LogP contribution < -0.4 is 18.9 Å². The van der Waals surface area contributed by atoms with Gasteiger partial charge in [0.1, 0.15) is 49.4 Å². The molecule has 8 bridgehead atoms. The van der Waals surface area contributed by atoms with Gasteiger partial charge in [-0.2, -0.15) is 0 Å². The first-order chi connectivity index (χ1) is 33.6. The van der Waals surface area contributed by atoms with Gasteiger partial charge in [-0.25, -0.2) is 9.97 Å². The van der Waals surface area contributed by atoms with E-state index in [0.29, 0.717) is 65.3 Å². The maximum atomic E-state index is 6.96. The second kappa shape index (κ2) is 22.9. The summed E-state index contributed by atoms with van der Waals surface area (Å²) in [7, 11) is 0. The maximum Gasteiger partial charge on any atom is 0.130 e. The summed E-state index contributed by atoms with van der Waals surface area (Å²) in [6, 6.07) is 49.3. The van der Waals surface area contributed by atoms with Gasteiger partial charge >= 0.3 is 0 Å². The smallest absolute Gasteiger partial charge is 0.130 e. The van der Waals surface area contributed by atoms with E-state index in [2.05, 4.69) is 82.8 Å². The quantitative estimate of drug-likeness (QED) is 0.0773. The van der Waals surface area contributed by atoms with E-state index in [0.717, 1.165) is 102 Å². The molecule has 4 aromatic carbocycles. The SMILES string of the molecule is CCOCCOc1c2cccc1Cc1cccc(c1OCc1cccc(-c3ccccn3)n1)Cc1cccc(c1OCCOCC)Cc1cccc(c1OCc1cccc(-c3ccccn3)n1)C2. The van der Waals surface area contributed by atoms with Crippen molar-refractivity contribution in [3.05, 3.63) is 214 Å². The molecule has 1 aliphatic carbocycles. The third kappa shape index (κ3) is 11.4. The highest BCUT2D eigenvalue weighted by Crippen LogP contribution is 2.39. The average Bonchev–Trinajstić information content (AvgIpc) is 3.38. The summed E-state index contributed by atoms with van der Waals surface area (Å²) >= 11 is 0. The van der Waals surface area contributed by atoms with E-state index < -0.39 is 0 Å². The molecule has 0 amide bonds. The Kier molecular flexibility index (Phi) is 15.4. The molecule has 344 valence electrons. The Labute approximate surface area is 398 Å². The van der Waals surface area contributed by atoms with Gasteiger partial charge in [0.15, 0.2) is 0 Å². The van der Waals surface area contributed by atoms with Crippen LogP contribution >= 0.6 is 0 Å². The lowest BCUT2D eigenvalue weighted by Gasteiger charge is -2.23. The molecule has 4 heterocycles. The fourth-order valence-electron chi connectivity index (χ4n) is 8.65. The van der Waals surface area contributed by atoms with Crippen LogP contribution in [0.4, 0.5) is 0 Å². The first-order valence-electron chi connectivity index (χ1n) is 23.5. The third-order valence-corrected chi connectivity index (χ3v) is 11.8. The highest BCUT2D eigenvalue weighted by molar-refractivity contribution is 5.57. The summed E-state index contributed by atoms with van der Waals surface area (Å²) < 4.78 is 39.0. The summed E-state index contributed by atoms with van der Waals surface area (Å²) in [6.07, 6.45) is 5.80. The van der Waals surface area contributed by atoms with E-state index >= 15 is 0 Å². The van der Waals surface area contributed by atoms with Crippen LogP contribution in [-0.4, -0.2) is 59.6 Å². The zero-order chi connectivity index (χ0) is 46.3. The van der Waals surface area contributed by atoms with Gasteiger partial charge in [0, 0.05) is 51.3 Å². The Balaban J connectivity index is 1.14. The fourth-order valence-corrected chi connectivity index (χ4v) is 8.65. The normalized spacial score (nSPS) is 12.0. The van der Waals surface area contributed by atoms with Crippen molar-refractivity contribution in [2.45, 2.75) is 52.7 Å². The van der Waals surface area contributed by atoms with Gasteiger partial charge in [-0.05, 0) is 107 Å². The molecule has 9 rings (SSSR count). The van der Waals surface area contributed by atoms with Gasteiger partial charge in [-0.1, -0.05) is 97.1 Å². The molecule has 0 aliphatic heterocycles. The van der Waals surface area contributed by atoms with Crippen LogP contribution in [0.1, 0.15) is 69.7 Å². The number of hydrogen-bond acceptors (Lipinski definition) is 10. The molecule has 0 N–H and O–H groups in total. The Morgan fingerprint density at radius 1 is 0.338 bits per heavy atom. The van der Waals surface area contributed by atoms with E-state index in [1.54, 1.807) is 12.4 Å². The largest absolute Gasteiger partial charge is 0.491 e. The molecule has 0 radical (unpaired) electrons. The van der Waals surface area contributed by atoms with Crippen LogP contribution in [0.15, 0.2) is 158 Å². The zero-order valence-electron chi connectivity index (χ0n) is 38.7. The highest BCUT2D eigenvalue weighted by atomic mass is 16.5. The Morgan fingerprint density at radius 2 is 0.662 bits per heavy atom. The third-order valence-electron chi connectivity index (χ3n) is 11.8. The summed E-state index contributed by atoms with van der Waals surface area (Å²) in [4.78, 5) is 19.0. The Bertz CT molecular complexity index is 2630. The molecule has 10 nitrogen and oxygen atoms in total. The topological polar surface area (TPSA) is 107 Å². The minimum atomic E-state index is 0.264. The Hall–Kier alpha value is -7.40. The number of nitrogens with zero attached hydrogens (tertiary/aromatic N) is 4. The van der Waals surface area contributed by atoms with Gasteiger partial charge in [-0.15, -0.1) is 0 Å². The molecule has 4 aromatic heterocycles. The predicted molar refractivity (Wildman–Crippen MR) is 265 cm³/mol. The molecular weight excluding hydrogens is 849 g/mol. The summed E-state index contributed by atoms with van der Waals surface area (Å²) in [5.74, 6) is 3.28. The van der Waals surface area contributed by atoms with Gasteiger partial charge < -0.3 is 28.4 Å². The molecule has 8 aromatic rings. The van der Waals surface area contributed by atoms with E-state index in [9.17, 15) is 0 Å². The number of rotatable bonds is 18. The molecule has 1 aliphatic rings. The molecule has 0 fully saturated rings. The van der Waals surface area contributed by atoms with E-state index in [1.165, 1.54) is 0 Å². The standard InChI is InChI=1S/C58H56N4O6/c1-3-63-31-33-65-55-41-15-9-16-42(55)36-46-20-12-22-48(58(46)68-40-50-24-14-28-54(62-50)52-26-6-8-30-60-52)38-44-18-10-17-43(56(44)66-34-32-64-4-2)37-47-21-11-19-45(35-41)57(47)67-39-49-23-13-27-53(61-49)51-25-5-7-29-59-51/h5-30H,3-4,31-40H2,1-2H3. The van der Waals surface area contributed by atoms with Crippen LogP contribution in [0, 0.1) is 0 Å². The van der Waals surface area contributed by atoms with Crippen molar-refractivity contribution in [2.24, 2.45) is 0 Å². The molecule has 68 heavy (non-hydrogen) atoms. The maximum absolute atomic E-state index is 6.96. The lowest BCUT2D eigenvalue weighted by Crippen LogP contribution is -2.12. The van der Waals surface area contributed by atoms with Gasteiger partial charge in [0.05, 0.1) is 47.4 Å². The van der Waals surface area contributed by atoms with Crippen molar-refractivity contribution in [3.63, 3.8) is 0 Å². The number of hydrogen-bond donors (Lipinski definition) is 0. The average molecular weight is 905 g/mol. The second-order valence-electron chi connectivity index (χ2n) is 16.5. The van der Waals surface area contributed by atoms with Gasteiger partial charge in [0.25, 0.3) is 0 Å². The summed E-state index contributed by atoms with van der Waals surface area (Å²) in [6.45, 7) is 7.50. The monoisotopic (exact) mass is 904 g/mol. The number of aromatic nitrogens is 4. The molecule has 0 saturated heterocycles. The number of pyridine rings is 4. The van der Waals surface area contributed by atoms with Crippen molar-refractivity contribution >= 4 is 0 Å². The van der Waals surface area contributed by atoms with E-state index in [-0.39, 0.29) is 13.2 Å². The highest BCUT2D eigenvalue weighted by Gasteiger charge is 2.22. The lowest BCUT2D eigenvalue weighted by molar-refractivity contribution is 0.109. The lowest BCUT2D eigenvalue weighted by atomic mass is 9.91. The number of benzene rings is 4. The Morgan fingerprint density at radius 3 is 0.985 bits per heavy atom. The van der Waals surface area contributed by atoms with E-state index in [1.807, 2.05) is 86.6 Å². The first kappa shape index (κ1) is 45.7. The molecule has 0 unspecified atom stereocenters. The second-order valence-corrected chi connectivity index (χ2v) is 16.5. The van der Waals surface area contributed by atoms with Crippen molar-refractivity contribution in [1.29, 1.82) is 0 Å². The van der Waals surface area contributed by atoms with Crippen LogP contribution in [0.25, 0.3) is 22.8 Å². The minimum absolute atomic E-state index is 0.264. The molecular formula is C58H56N4O6. The number of ether oxygens (including phenoxy) is 6. The van der Waals surface area contributed by atoms with Crippen LogP contribution in [0.5, 0.6) is 23.0 Å². The van der Waals surface area contributed by atoms with E-state index in [4.69, 9.17) is 38.4 Å².